The summed E-state index contributed by atoms with van der Waals surface area (Å²) in [5.41, 5.74) is 0.418. The van der Waals surface area contributed by atoms with Crippen molar-refractivity contribution in [3.63, 3.8) is 0 Å². The number of carbonyl (C=O) groups excluding carboxylic acids is 4. The zero-order chi connectivity index (χ0) is 17.2. The highest BCUT2D eigenvalue weighted by Gasteiger charge is 2.32. The number of hydroxylamine groups is 2. The van der Waals surface area contributed by atoms with E-state index in [2.05, 4.69) is 16.7 Å². The van der Waals surface area contributed by atoms with Gasteiger partial charge in [-0.15, -0.1) is 5.06 Å². The summed E-state index contributed by atoms with van der Waals surface area (Å²) in [6, 6.07) is 0. The number of amides is 3. The second kappa shape index (κ2) is 9.70. The molecule has 0 saturated carbocycles. The predicted octanol–water partition coefficient (Wildman–Crippen LogP) is -0.681. The van der Waals surface area contributed by atoms with Gasteiger partial charge in [-0.05, 0) is 6.92 Å². The Hall–Kier alpha value is -2.26. The minimum absolute atomic E-state index is 0.0444. The van der Waals surface area contributed by atoms with Crippen LogP contribution in [0.5, 0.6) is 0 Å². The fourth-order valence-electron chi connectivity index (χ4n) is 1.55. The highest BCUT2D eigenvalue weighted by molar-refractivity contribution is 6.01. The van der Waals surface area contributed by atoms with Crippen LogP contribution in [0.4, 0.5) is 0 Å². The van der Waals surface area contributed by atoms with Gasteiger partial charge >= 0.3 is 5.97 Å². The number of imide groups is 1. The van der Waals surface area contributed by atoms with E-state index in [1.165, 1.54) is 0 Å². The van der Waals surface area contributed by atoms with Gasteiger partial charge in [-0.1, -0.05) is 6.58 Å². The Labute approximate surface area is 133 Å². The molecule has 0 aromatic heterocycles. The molecular formula is C14H20N2O7. The third-order valence-corrected chi connectivity index (χ3v) is 2.71. The van der Waals surface area contributed by atoms with E-state index in [1.807, 2.05) is 0 Å². The van der Waals surface area contributed by atoms with Crippen molar-refractivity contribution in [2.45, 2.75) is 19.8 Å². The molecule has 23 heavy (non-hydrogen) atoms. The van der Waals surface area contributed by atoms with Crippen molar-refractivity contribution in [3.8, 4) is 0 Å². The van der Waals surface area contributed by atoms with Crippen molar-refractivity contribution >= 4 is 23.7 Å². The Morgan fingerprint density at radius 3 is 2.35 bits per heavy atom. The smallest absolute Gasteiger partial charge is 0.358 e. The van der Waals surface area contributed by atoms with E-state index in [9.17, 15) is 19.2 Å². The largest absolute Gasteiger partial charge is 0.377 e. The molecule has 1 aliphatic rings. The van der Waals surface area contributed by atoms with E-state index in [-0.39, 0.29) is 32.0 Å². The van der Waals surface area contributed by atoms with E-state index in [1.54, 1.807) is 6.92 Å². The number of rotatable bonds is 10. The number of nitrogens with zero attached hydrogens (tertiary/aromatic N) is 1. The average Bonchev–Trinajstić information content (AvgIpc) is 2.81. The molecule has 1 rings (SSSR count). The van der Waals surface area contributed by atoms with Crippen LogP contribution in [-0.2, 0) is 33.5 Å². The Balaban J connectivity index is 1.99. The van der Waals surface area contributed by atoms with Gasteiger partial charge in [-0.25, -0.2) is 4.79 Å². The van der Waals surface area contributed by atoms with Gasteiger partial charge in [0.25, 0.3) is 11.8 Å². The maximum atomic E-state index is 11.4. The minimum Gasteiger partial charge on any atom is -0.377 e. The summed E-state index contributed by atoms with van der Waals surface area (Å²) in [7, 11) is 0. The van der Waals surface area contributed by atoms with Gasteiger partial charge in [0.2, 0.25) is 5.91 Å². The van der Waals surface area contributed by atoms with Crippen LogP contribution < -0.4 is 5.32 Å². The molecule has 0 spiro atoms. The highest BCUT2D eigenvalue weighted by atomic mass is 16.7. The van der Waals surface area contributed by atoms with Crippen molar-refractivity contribution in [3.05, 3.63) is 12.2 Å². The van der Waals surface area contributed by atoms with E-state index >= 15 is 0 Å². The predicted molar refractivity (Wildman–Crippen MR) is 76.6 cm³/mol. The minimum atomic E-state index is -0.831. The summed E-state index contributed by atoms with van der Waals surface area (Å²) in [4.78, 5) is 49.6. The van der Waals surface area contributed by atoms with E-state index in [4.69, 9.17) is 9.47 Å². The molecule has 0 unspecified atom stereocenters. The van der Waals surface area contributed by atoms with Gasteiger partial charge < -0.3 is 19.6 Å². The van der Waals surface area contributed by atoms with Crippen LogP contribution in [0, 0.1) is 0 Å². The normalized spacial score (nSPS) is 14.0. The summed E-state index contributed by atoms with van der Waals surface area (Å²) >= 11 is 0. The molecule has 0 radical (unpaired) electrons. The molecular weight excluding hydrogens is 308 g/mol. The second-order valence-electron chi connectivity index (χ2n) is 4.75. The first-order chi connectivity index (χ1) is 10.9. The van der Waals surface area contributed by atoms with Crippen LogP contribution in [0.25, 0.3) is 0 Å². The molecule has 1 N–H and O–H groups in total. The van der Waals surface area contributed by atoms with Crippen molar-refractivity contribution in [2.24, 2.45) is 0 Å². The fourth-order valence-corrected chi connectivity index (χ4v) is 1.55. The topological polar surface area (TPSA) is 111 Å². The summed E-state index contributed by atoms with van der Waals surface area (Å²) < 4.78 is 10.2. The third-order valence-electron chi connectivity index (χ3n) is 2.71. The molecule has 0 aliphatic carbocycles. The molecule has 1 saturated heterocycles. The molecule has 0 atom stereocenters. The van der Waals surface area contributed by atoms with Crippen LogP contribution in [0.1, 0.15) is 19.8 Å². The van der Waals surface area contributed by atoms with Crippen molar-refractivity contribution in [1.82, 2.24) is 10.4 Å². The number of ether oxygens (including phenoxy) is 2. The molecule has 1 aliphatic heterocycles. The molecule has 0 aromatic rings. The standard InChI is InChI=1S/C14H20N2O7/c1-10(2)14(20)15-5-6-21-7-8-22-9-13(19)23-16-11(17)3-4-12(16)18/h1,3-9H2,2H3,(H,15,20). The van der Waals surface area contributed by atoms with Crippen LogP contribution in [0.3, 0.4) is 0 Å². The van der Waals surface area contributed by atoms with E-state index in [0.29, 0.717) is 23.8 Å². The third kappa shape index (κ3) is 7.02. The van der Waals surface area contributed by atoms with Crippen molar-refractivity contribution in [1.29, 1.82) is 0 Å². The lowest BCUT2D eigenvalue weighted by Crippen LogP contribution is -2.33. The van der Waals surface area contributed by atoms with Gasteiger partial charge in [-0.2, -0.15) is 0 Å². The maximum Gasteiger partial charge on any atom is 0.358 e. The van der Waals surface area contributed by atoms with E-state index < -0.39 is 24.4 Å². The van der Waals surface area contributed by atoms with Crippen molar-refractivity contribution < 1.29 is 33.5 Å². The van der Waals surface area contributed by atoms with Crippen LogP contribution >= 0.6 is 0 Å². The van der Waals surface area contributed by atoms with Crippen molar-refractivity contribution in [2.75, 3.05) is 33.0 Å². The second-order valence-corrected chi connectivity index (χ2v) is 4.75. The van der Waals surface area contributed by atoms with Gasteiger partial charge in [0.1, 0.15) is 6.61 Å². The lowest BCUT2D eigenvalue weighted by Gasteiger charge is -2.12. The zero-order valence-electron chi connectivity index (χ0n) is 13.0. The Morgan fingerprint density at radius 1 is 1.13 bits per heavy atom. The molecule has 9 heteroatoms. The molecule has 0 bridgehead atoms. The highest BCUT2D eigenvalue weighted by Crippen LogP contribution is 2.11. The Morgan fingerprint density at radius 2 is 1.74 bits per heavy atom. The molecule has 0 aromatic carbocycles. The van der Waals surface area contributed by atoms with E-state index in [0.717, 1.165) is 0 Å². The molecule has 128 valence electrons. The lowest BCUT2D eigenvalue weighted by molar-refractivity contribution is -0.200. The quantitative estimate of drug-likeness (QED) is 0.321. The Kier molecular flexibility index (Phi) is 7.92. The first-order valence-electron chi connectivity index (χ1n) is 7.07. The van der Waals surface area contributed by atoms with Gasteiger partial charge in [0, 0.05) is 25.0 Å². The Bertz CT molecular complexity index is 474. The molecule has 1 fully saturated rings. The first-order valence-corrected chi connectivity index (χ1v) is 7.07. The number of carbonyl (C=O) groups is 4. The fraction of sp³-hybridized carbons (Fsp3) is 0.571. The number of hydrogen-bond donors (Lipinski definition) is 1. The van der Waals surface area contributed by atoms with Crippen LogP contribution in [0.2, 0.25) is 0 Å². The number of nitrogens with one attached hydrogen (secondary N) is 1. The first kappa shape index (κ1) is 18.8. The van der Waals surface area contributed by atoms with Gasteiger partial charge in [0.15, 0.2) is 0 Å². The molecule has 1 heterocycles. The molecule has 3 amide bonds. The average molecular weight is 328 g/mol. The zero-order valence-corrected chi connectivity index (χ0v) is 13.0. The summed E-state index contributed by atoms with van der Waals surface area (Å²) in [6.07, 6.45) is 0.0887. The summed E-state index contributed by atoms with van der Waals surface area (Å²) in [5.74, 6) is -2.15. The monoisotopic (exact) mass is 328 g/mol. The summed E-state index contributed by atoms with van der Waals surface area (Å²) in [5, 5.41) is 3.06. The van der Waals surface area contributed by atoms with Crippen LogP contribution in [0.15, 0.2) is 12.2 Å². The number of hydrogen-bond acceptors (Lipinski definition) is 7. The maximum absolute atomic E-state index is 11.4. The van der Waals surface area contributed by atoms with Gasteiger partial charge in [-0.3, -0.25) is 14.4 Å². The molecule has 9 nitrogen and oxygen atoms in total. The lowest BCUT2D eigenvalue weighted by atomic mass is 10.3. The van der Waals surface area contributed by atoms with Gasteiger partial charge in [0.05, 0.1) is 19.8 Å². The van der Waals surface area contributed by atoms with Crippen LogP contribution in [-0.4, -0.2) is 61.7 Å². The summed E-state index contributed by atoms with van der Waals surface area (Å²) in [6.45, 7) is 5.69. The SMILES string of the molecule is C=C(C)C(=O)NCCOCCOCC(=O)ON1C(=O)CCC1=O.